The lowest BCUT2D eigenvalue weighted by Crippen LogP contribution is -2.26. The van der Waals surface area contributed by atoms with Crippen LogP contribution in [0.15, 0.2) is 40.6 Å². The van der Waals surface area contributed by atoms with Crippen LogP contribution in [-0.4, -0.2) is 26.0 Å². The highest BCUT2D eigenvalue weighted by Gasteiger charge is 2.18. The Morgan fingerprint density at radius 3 is 2.68 bits per heavy atom. The maximum Gasteiger partial charge on any atom is 0.240 e. The van der Waals surface area contributed by atoms with Crippen LogP contribution < -0.4 is 10.0 Å². The molecule has 0 saturated heterocycles. The summed E-state index contributed by atoms with van der Waals surface area (Å²) in [7, 11) is -3.68. The lowest BCUT2D eigenvalue weighted by Gasteiger charge is -2.13. The molecule has 1 unspecified atom stereocenters. The number of aliphatic hydroxyl groups excluding tert-OH is 1. The quantitative estimate of drug-likeness (QED) is 0.654. The molecule has 25 heavy (non-hydrogen) atoms. The average Bonchev–Trinajstić information content (AvgIpc) is 3.08. The van der Waals surface area contributed by atoms with E-state index in [0.717, 1.165) is 4.88 Å². The Hall–Kier alpha value is -1.74. The summed E-state index contributed by atoms with van der Waals surface area (Å²) in [6.45, 7) is 3.56. The molecular weight excluding hydrogens is 360 g/mol. The van der Waals surface area contributed by atoms with Gasteiger partial charge < -0.3 is 10.4 Å². The lowest BCUT2D eigenvalue weighted by molar-refractivity contribution is -0.115. The molecule has 0 saturated carbocycles. The second kappa shape index (κ2) is 8.57. The summed E-state index contributed by atoms with van der Waals surface area (Å²) in [5, 5.41) is 14.6. The van der Waals surface area contributed by atoms with Crippen molar-refractivity contribution in [3.63, 3.8) is 0 Å². The molecule has 0 aliphatic heterocycles. The first-order valence-corrected chi connectivity index (χ1v) is 10.3. The molecule has 2 rings (SSSR count). The number of carbonyl (C=O) groups excluding carboxylic acids is 1. The van der Waals surface area contributed by atoms with Crippen LogP contribution in [-0.2, 0) is 14.8 Å². The van der Waals surface area contributed by atoms with Crippen LogP contribution in [0.5, 0.6) is 0 Å². The number of hydrogen-bond acceptors (Lipinski definition) is 5. The summed E-state index contributed by atoms with van der Waals surface area (Å²) < 4.78 is 27.4. The monoisotopic (exact) mass is 382 g/mol. The van der Waals surface area contributed by atoms with Crippen LogP contribution in [0, 0.1) is 6.92 Å². The number of benzene rings is 1. The molecule has 0 spiro atoms. The number of aliphatic hydroxyl groups is 1. The number of sulfonamides is 1. The molecular formula is C17H22N2O4S2. The van der Waals surface area contributed by atoms with Crippen molar-refractivity contribution in [3.8, 4) is 0 Å². The van der Waals surface area contributed by atoms with Gasteiger partial charge in [0.2, 0.25) is 15.9 Å². The van der Waals surface area contributed by atoms with Crippen LogP contribution >= 0.6 is 11.3 Å². The Bertz CT molecular complexity index is 817. The van der Waals surface area contributed by atoms with Gasteiger partial charge in [0.1, 0.15) is 0 Å². The fraction of sp³-hybridized carbons (Fsp3) is 0.353. The van der Waals surface area contributed by atoms with Crippen molar-refractivity contribution in [2.75, 3.05) is 11.9 Å². The first-order chi connectivity index (χ1) is 11.8. The van der Waals surface area contributed by atoms with Gasteiger partial charge in [0.05, 0.1) is 11.0 Å². The summed E-state index contributed by atoms with van der Waals surface area (Å²) in [6.07, 6.45) is -0.0353. The number of amides is 1. The van der Waals surface area contributed by atoms with Crippen LogP contribution in [0.25, 0.3) is 0 Å². The van der Waals surface area contributed by atoms with E-state index in [4.69, 9.17) is 0 Å². The normalized spacial score (nSPS) is 12.8. The van der Waals surface area contributed by atoms with Crippen molar-refractivity contribution in [2.24, 2.45) is 0 Å². The third-order valence-corrected chi connectivity index (χ3v) is 6.25. The van der Waals surface area contributed by atoms with Gasteiger partial charge >= 0.3 is 0 Å². The number of nitrogens with one attached hydrogen (secondary N) is 2. The fourth-order valence-corrected chi connectivity index (χ4v) is 4.33. The summed E-state index contributed by atoms with van der Waals surface area (Å²) in [5.74, 6) is -0.129. The number of hydrogen-bond donors (Lipinski definition) is 3. The standard InChI is InChI=1S/C17H22N2O4S2/c1-3-17(21)19-13-6-7-16(12(2)11-13)25(22,23)18-9-8-14(20)15-5-4-10-24-15/h4-7,10-11,14,18,20H,3,8-9H2,1-2H3,(H,19,21). The Balaban J connectivity index is 2.00. The number of anilines is 1. The van der Waals surface area contributed by atoms with Crippen LogP contribution in [0.2, 0.25) is 0 Å². The van der Waals surface area contributed by atoms with Gasteiger partial charge in [0, 0.05) is 23.5 Å². The minimum Gasteiger partial charge on any atom is -0.388 e. The van der Waals surface area contributed by atoms with Gasteiger partial charge in [0.15, 0.2) is 0 Å². The highest BCUT2D eigenvalue weighted by Crippen LogP contribution is 2.22. The summed E-state index contributed by atoms with van der Waals surface area (Å²) in [6, 6.07) is 8.32. The maximum absolute atomic E-state index is 12.4. The van der Waals surface area contributed by atoms with Gasteiger partial charge in [-0.2, -0.15) is 0 Å². The Kier molecular flexibility index (Phi) is 6.71. The van der Waals surface area contributed by atoms with Crippen molar-refractivity contribution in [1.29, 1.82) is 0 Å². The SMILES string of the molecule is CCC(=O)Nc1ccc(S(=O)(=O)NCCC(O)c2cccs2)c(C)c1. The third kappa shape index (κ3) is 5.37. The second-order valence-electron chi connectivity index (χ2n) is 5.60. The van der Waals surface area contributed by atoms with E-state index in [0.29, 0.717) is 24.1 Å². The van der Waals surface area contributed by atoms with E-state index in [9.17, 15) is 18.3 Å². The van der Waals surface area contributed by atoms with E-state index in [-0.39, 0.29) is 17.3 Å². The Morgan fingerprint density at radius 2 is 2.08 bits per heavy atom. The van der Waals surface area contributed by atoms with Crippen LogP contribution in [0.4, 0.5) is 5.69 Å². The van der Waals surface area contributed by atoms with E-state index in [2.05, 4.69) is 10.0 Å². The average molecular weight is 383 g/mol. The summed E-state index contributed by atoms with van der Waals surface area (Å²) in [4.78, 5) is 12.4. The molecule has 1 amide bonds. The minimum absolute atomic E-state index is 0.129. The molecule has 2 aromatic rings. The van der Waals surface area contributed by atoms with Crippen molar-refractivity contribution < 1.29 is 18.3 Å². The molecule has 136 valence electrons. The van der Waals surface area contributed by atoms with Crippen molar-refractivity contribution in [2.45, 2.75) is 37.7 Å². The topological polar surface area (TPSA) is 95.5 Å². The predicted molar refractivity (Wildman–Crippen MR) is 99.2 cm³/mol. The second-order valence-corrected chi connectivity index (χ2v) is 8.31. The molecule has 0 aliphatic carbocycles. The summed E-state index contributed by atoms with van der Waals surface area (Å²) in [5.41, 5.74) is 1.11. The zero-order valence-electron chi connectivity index (χ0n) is 14.2. The van der Waals surface area contributed by atoms with Crippen LogP contribution in [0.3, 0.4) is 0 Å². The molecule has 3 N–H and O–H groups in total. The first kappa shape index (κ1) is 19.6. The predicted octanol–water partition coefficient (Wildman–Crippen LogP) is 2.81. The smallest absolute Gasteiger partial charge is 0.240 e. The van der Waals surface area contributed by atoms with E-state index in [1.807, 2.05) is 17.5 Å². The van der Waals surface area contributed by atoms with Gasteiger partial charge in [-0.15, -0.1) is 11.3 Å². The van der Waals surface area contributed by atoms with Crippen LogP contribution in [0.1, 0.15) is 36.3 Å². The number of carbonyl (C=O) groups is 1. The molecule has 1 aromatic heterocycles. The van der Waals surface area contributed by atoms with Crippen molar-refractivity contribution in [1.82, 2.24) is 4.72 Å². The molecule has 0 fully saturated rings. The van der Waals surface area contributed by atoms with Gasteiger partial charge in [-0.1, -0.05) is 13.0 Å². The number of thiophene rings is 1. The highest BCUT2D eigenvalue weighted by atomic mass is 32.2. The molecule has 0 radical (unpaired) electrons. The van der Waals surface area contributed by atoms with Crippen molar-refractivity contribution >= 4 is 33.0 Å². The van der Waals surface area contributed by atoms with E-state index in [1.54, 1.807) is 26.0 Å². The number of rotatable bonds is 8. The van der Waals surface area contributed by atoms with E-state index >= 15 is 0 Å². The van der Waals surface area contributed by atoms with Crippen molar-refractivity contribution in [3.05, 3.63) is 46.2 Å². The largest absolute Gasteiger partial charge is 0.388 e. The Morgan fingerprint density at radius 1 is 1.32 bits per heavy atom. The highest BCUT2D eigenvalue weighted by molar-refractivity contribution is 7.89. The molecule has 1 aromatic carbocycles. The molecule has 6 nitrogen and oxygen atoms in total. The Labute approximate surface area is 151 Å². The molecule has 0 bridgehead atoms. The first-order valence-electron chi connectivity index (χ1n) is 7.95. The van der Waals surface area contributed by atoms with Gasteiger partial charge in [-0.25, -0.2) is 13.1 Å². The minimum atomic E-state index is -3.68. The third-order valence-electron chi connectivity index (χ3n) is 3.65. The molecule has 0 aliphatic rings. The van der Waals surface area contributed by atoms with E-state index in [1.165, 1.54) is 17.4 Å². The van der Waals surface area contributed by atoms with Gasteiger partial charge in [-0.05, 0) is 48.6 Å². The fourth-order valence-electron chi connectivity index (χ4n) is 2.31. The van der Waals surface area contributed by atoms with Gasteiger partial charge in [-0.3, -0.25) is 4.79 Å². The summed E-state index contributed by atoms with van der Waals surface area (Å²) >= 11 is 1.43. The zero-order chi connectivity index (χ0) is 18.4. The molecule has 8 heteroatoms. The zero-order valence-corrected chi connectivity index (χ0v) is 15.8. The van der Waals surface area contributed by atoms with E-state index < -0.39 is 16.1 Å². The lowest BCUT2D eigenvalue weighted by atomic mass is 10.2. The molecule has 1 heterocycles. The maximum atomic E-state index is 12.4. The molecule has 1 atom stereocenters. The van der Waals surface area contributed by atoms with Gasteiger partial charge in [0.25, 0.3) is 0 Å². The number of aryl methyl sites for hydroxylation is 1.